The summed E-state index contributed by atoms with van der Waals surface area (Å²) in [6.07, 6.45) is 2.69. The van der Waals surface area contributed by atoms with E-state index in [1.807, 2.05) is 41.3 Å². The van der Waals surface area contributed by atoms with Crippen LogP contribution < -0.4 is 19.7 Å². The fraction of sp³-hybridized carbons (Fsp3) is 0.240. The van der Waals surface area contributed by atoms with Crippen LogP contribution in [-0.4, -0.2) is 40.8 Å². The lowest BCUT2D eigenvalue weighted by Gasteiger charge is -2.32. The molecular formula is C25H25N3O5S. The Morgan fingerprint density at radius 1 is 1.06 bits per heavy atom. The second kappa shape index (κ2) is 8.57. The highest BCUT2D eigenvalue weighted by Crippen LogP contribution is 2.37. The monoisotopic (exact) mass is 479 g/mol. The molecule has 0 aliphatic carbocycles. The van der Waals surface area contributed by atoms with Crippen LogP contribution in [0.15, 0.2) is 59.0 Å². The number of hydrogen-bond donors (Lipinski definition) is 2. The van der Waals surface area contributed by atoms with E-state index >= 15 is 0 Å². The number of nitrogens with one attached hydrogen (secondary N) is 2. The van der Waals surface area contributed by atoms with Gasteiger partial charge in [-0.05, 0) is 42.7 Å². The minimum atomic E-state index is -3.40. The second-order valence-electron chi connectivity index (χ2n) is 8.40. The quantitative estimate of drug-likeness (QED) is 0.426. The molecule has 0 saturated heterocycles. The number of methoxy groups -OCH3 is 1. The Morgan fingerprint density at radius 3 is 2.68 bits per heavy atom. The fourth-order valence-electron chi connectivity index (χ4n) is 4.54. The predicted octanol–water partition coefficient (Wildman–Crippen LogP) is 4.36. The van der Waals surface area contributed by atoms with Crippen LogP contribution in [0.5, 0.6) is 5.75 Å². The molecule has 1 aliphatic rings. The van der Waals surface area contributed by atoms with Crippen molar-refractivity contribution in [1.29, 1.82) is 0 Å². The average Bonchev–Trinajstić information content (AvgIpc) is 3.15. The van der Waals surface area contributed by atoms with Gasteiger partial charge in [0.2, 0.25) is 15.9 Å². The van der Waals surface area contributed by atoms with E-state index in [1.54, 1.807) is 25.3 Å². The molecule has 1 aromatic heterocycles. The number of furan rings is 1. The fourth-order valence-corrected chi connectivity index (χ4v) is 5.13. The molecule has 0 atom stereocenters. The Hall–Kier alpha value is -3.72. The first kappa shape index (κ1) is 22.1. The van der Waals surface area contributed by atoms with Crippen LogP contribution in [0, 0.1) is 0 Å². The SMILES string of the molecule is COc1cc2c(cc1NC(=O)CN1CCCc3c(NS(C)(=O)=O)cccc31)oc1ccccc12. The van der Waals surface area contributed by atoms with Crippen molar-refractivity contribution in [2.24, 2.45) is 0 Å². The number of carbonyl (C=O) groups is 1. The molecule has 0 saturated carbocycles. The van der Waals surface area contributed by atoms with Crippen molar-refractivity contribution in [3.63, 3.8) is 0 Å². The summed E-state index contributed by atoms with van der Waals surface area (Å²) in [6, 6.07) is 16.9. The summed E-state index contributed by atoms with van der Waals surface area (Å²) in [5, 5.41) is 4.85. The molecule has 0 fully saturated rings. The van der Waals surface area contributed by atoms with Gasteiger partial charge in [0.1, 0.15) is 16.9 Å². The number of rotatable bonds is 6. The summed E-state index contributed by atoms with van der Waals surface area (Å²) in [5.41, 5.74) is 4.28. The Bertz CT molecular complexity index is 1510. The largest absolute Gasteiger partial charge is 0.495 e. The summed E-state index contributed by atoms with van der Waals surface area (Å²) >= 11 is 0. The van der Waals surface area contributed by atoms with Gasteiger partial charge in [-0.1, -0.05) is 24.3 Å². The van der Waals surface area contributed by atoms with E-state index in [0.717, 1.165) is 46.7 Å². The van der Waals surface area contributed by atoms with Crippen LogP contribution >= 0.6 is 0 Å². The molecular weight excluding hydrogens is 454 g/mol. The normalized spacial score (nSPS) is 13.6. The van der Waals surface area contributed by atoms with Gasteiger partial charge in [-0.2, -0.15) is 0 Å². The van der Waals surface area contributed by atoms with E-state index in [9.17, 15) is 13.2 Å². The molecule has 0 radical (unpaired) electrons. The third kappa shape index (κ3) is 4.26. The van der Waals surface area contributed by atoms with Crippen molar-refractivity contribution < 1.29 is 22.4 Å². The van der Waals surface area contributed by atoms with E-state index in [-0.39, 0.29) is 12.5 Å². The van der Waals surface area contributed by atoms with Gasteiger partial charge in [0.25, 0.3) is 0 Å². The molecule has 1 amide bonds. The minimum absolute atomic E-state index is 0.122. The number of sulfonamides is 1. The lowest BCUT2D eigenvalue weighted by atomic mass is 10.00. The maximum atomic E-state index is 13.0. The number of nitrogens with zero attached hydrogens (tertiary/aromatic N) is 1. The van der Waals surface area contributed by atoms with Gasteiger partial charge in [0.15, 0.2) is 0 Å². The maximum absolute atomic E-state index is 13.0. The molecule has 34 heavy (non-hydrogen) atoms. The van der Waals surface area contributed by atoms with Crippen molar-refractivity contribution in [2.45, 2.75) is 12.8 Å². The van der Waals surface area contributed by atoms with Gasteiger partial charge < -0.3 is 19.4 Å². The highest BCUT2D eigenvalue weighted by molar-refractivity contribution is 7.92. The van der Waals surface area contributed by atoms with Crippen molar-refractivity contribution in [3.8, 4) is 5.75 Å². The number of para-hydroxylation sites is 1. The summed E-state index contributed by atoms with van der Waals surface area (Å²) < 4.78 is 37.6. The summed E-state index contributed by atoms with van der Waals surface area (Å²) in [4.78, 5) is 15.0. The first-order valence-corrected chi connectivity index (χ1v) is 12.9. The van der Waals surface area contributed by atoms with Crippen molar-refractivity contribution in [1.82, 2.24) is 0 Å². The number of ether oxygens (including phenoxy) is 1. The van der Waals surface area contributed by atoms with Gasteiger partial charge in [0, 0.05) is 29.1 Å². The molecule has 4 aromatic rings. The van der Waals surface area contributed by atoms with Crippen LogP contribution in [0.4, 0.5) is 17.1 Å². The van der Waals surface area contributed by atoms with Crippen LogP contribution in [0.1, 0.15) is 12.0 Å². The molecule has 0 bridgehead atoms. The van der Waals surface area contributed by atoms with Gasteiger partial charge in [-0.15, -0.1) is 0 Å². The van der Waals surface area contributed by atoms with Crippen molar-refractivity contribution >= 4 is 54.9 Å². The molecule has 3 aromatic carbocycles. The molecule has 1 aliphatic heterocycles. The topological polar surface area (TPSA) is 101 Å². The second-order valence-corrected chi connectivity index (χ2v) is 10.1. The van der Waals surface area contributed by atoms with Crippen LogP contribution in [-0.2, 0) is 21.2 Å². The van der Waals surface area contributed by atoms with Crippen LogP contribution in [0.3, 0.4) is 0 Å². The van der Waals surface area contributed by atoms with E-state index in [0.29, 0.717) is 29.3 Å². The standard InChI is InChI=1S/C25H25N3O5S/c1-32-24-13-18-16-7-3-4-11-22(16)33-23(18)14-20(24)26-25(29)15-28-12-6-8-17-19(27-34(2,30)31)9-5-10-21(17)28/h3-5,7,9-11,13-14,27H,6,8,12,15H2,1-2H3,(H,26,29). The molecule has 9 heteroatoms. The third-order valence-electron chi connectivity index (χ3n) is 5.95. The highest BCUT2D eigenvalue weighted by atomic mass is 32.2. The Balaban J connectivity index is 1.40. The Kier molecular flexibility index (Phi) is 5.57. The number of amides is 1. The molecule has 176 valence electrons. The van der Waals surface area contributed by atoms with Gasteiger partial charge >= 0.3 is 0 Å². The number of benzene rings is 3. The number of carbonyl (C=O) groups excluding carboxylic acids is 1. The van der Waals surface area contributed by atoms with Crippen LogP contribution in [0.2, 0.25) is 0 Å². The van der Waals surface area contributed by atoms with Gasteiger partial charge in [-0.3, -0.25) is 9.52 Å². The van der Waals surface area contributed by atoms with E-state index in [1.165, 1.54) is 0 Å². The average molecular weight is 480 g/mol. The molecule has 5 rings (SSSR count). The summed E-state index contributed by atoms with van der Waals surface area (Å²) in [5.74, 6) is 0.342. The van der Waals surface area contributed by atoms with Crippen LogP contribution in [0.25, 0.3) is 21.9 Å². The zero-order valence-corrected chi connectivity index (χ0v) is 19.7. The predicted molar refractivity (Wildman–Crippen MR) is 134 cm³/mol. The zero-order valence-electron chi connectivity index (χ0n) is 18.9. The smallest absolute Gasteiger partial charge is 0.243 e. The Morgan fingerprint density at radius 2 is 1.88 bits per heavy atom. The lowest BCUT2D eigenvalue weighted by molar-refractivity contribution is -0.115. The molecule has 2 N–H and O–H groups in total. The maximum Gasteiger partial charge on any atom is 0.243 e. The van der Waals surface area contributed by atoms with Crippen molar-refractivity contribution in [3.05, 3.63) is 60.2 Å². The van der Waals surface area contributed by atoms with Gasteiger partial charge in [-0.25, -0.2) is 8.42 Å². The molecule has 0 unspecified atom stereocenters. The number of hydrogen-bond acceptors (Lipinski definition) is 6. The number of anilines is 3. The summed E-state index contributed by atoms with van der Waals surface area (Å²) in [7, 11) is -1.83. The van der Waals surface area contributed by atoms with E-state index < -0.39 is 10.0 Å². The first-order chi connectivity index (χ1) is 16.3. The zero-order chi connectivity index (χ0) is 23.9. The van der Waals surface area contributed by atoms with Gasteiger partial charge in [0.05, 0.1) is 31.3 Å². The minimum Gasteiger partial charge on any atom is -0.495 e. The summed E-state index contributed by atoms with van der Waals surface area (Å²) in [6.45, 7) is 0.819. The number of fused-ring (bicyclic) bond motifs is 4. The molecule has 8 nitrogen and oxygen atoms in total. The van der Waals surface area contributed by atoms with E-state index in [4.69, 9.17) is 9.15 Å². The molecule has 0 spiro atoms. The van der Waals surface area contributed by atoms with Crippen molar-refractivity contribution in [2.75, 3.05) is 41.4 Å². The first-order valence-electron chi connectivity index (χ1n) is 11.0. The highest BCUT2D eigenvalue weighted by Gasteiger charge is 2.23. The van der Waals surface area contributed by atoms with E-state index in [2.05, 4.69) is 10.0 Å². The Labute approximate surface area is 197 Å². The molecule has 2 heterocycles. The lowest BCUT2D eigenvalue weighted by Crippen LogP contribution is -2.37. The third-order valence-corrected chi connectivity index (χ3v) is 6.54.